The number of nitrogens with zero attached hydrogens (tertiary/aromatic N) is 2. The number of pyridine rings is 1. The van der Waals surface area contributed by atoms with E-state index in [0.29, 0.717) is 18.7 Å². The van der Waals surface area contributed by atoms with Gasteiger partial charge < -0.3 is 19.5 Å². The van der Waals surface area contributed by atoms with Gasteiger partial charge in [0.1, 0.15) is 0 Å². The van der Waals surface area contributed by atoms with Crippen molar-refractivity contribution in [3.63, 3.8) is 0 Å². The Hall–Kier alpha value is -2.02. The number of aliphatic hydroxyl groups is 1. The Labute approximate surface area is 159 Å². The lowest BCUT2D eigenvalue weighted by molar-refractivity contribution is -0.0991. The first-order valence-corrected chi connectivity index (χ1v) is 9.61. The van der Waals surface area contributed by atoms with Gasteiger partial charge in [-0.15, -0.1) is 0 Å². The molecule has 2 aromatic rings. The van der Waals surface area contributed by atoms with E-state index in [4.69, 9.17) is 14.6 Å². The van der Waals surface area contributed by atoms with E-state index < -0.39 is 0 Å². The highest BCUT2D eigenvalue weighted by atomic mass is 16.5. The molecule has 0 unspecified atom stereocenters. The first-order chi connectivity index (χ1) is 13.2. The number of aromatic nitrogens is 1. The van der Waals surface area contributed by atoms with Crippen LogP contribution in [0, 0.1) is 0 Å². The van der Waals surface area contributed by atoms with E-state index in [0.717, 1.165) is 36.6 Å². The SMILES string of the molecule is CO[C@@]12CC[C@H](OCCO)C[C@@H]1N(C(=O)c1ccnc3ccccc13)CC2. The number of benzene rings is 1. The predicted octanol–water partition coefficient (Wildman–Crippen LogP) is 2.40. The summed E-state index contributed by atoms with van der Waals surface area (Å²) in [6.45, 7) is 1.03. The van der Waals surface area contributed by atoms with Crippen LogP contribution in [0.15, 0.2) is 36.5 Å². The molecule has 144 valence electrons. The second-order valence-corrected chi connectivity index (χ2v) is 7.40. The third kappa shape index (κ3) is 3.22. The van der Waals surface area contributed by atoms with Crippen LogP contribution in [0.5, 0.6) is 0 Å². The van der Waals surface area contributed by atoms with Crippen molar-refractivity contribution < 1.29 is 19.4 Å². The number of carbonyl (C=O) groups excluding carboxylic acids is 1. The molecule has 1 amide bonds. The van der Waals surface area contributed by atoms with Crippen molar-refractivity contribution >= 4 is 16.8 Å². The van der Waals surface area contributed by atoms with E-state index in [2.05, 4.69) is 4.98 Å². The van der Waals surface area contributed by atoms with Gasteiger partial charge in [0.05, 0.1) is 42.0 Å². The van der Waals surface area contributed by atoms with E-state index in [-0.39, 0.29) is 30.3 Å². The number of hydrogen-bond acceptors (Lipinski definition) is 5. The number of fused-ring (bicyclic) bond motifs is 2. The van der Waals surface area contributed by atoms with Crippen molar-refractivity contribution in [2.75, 3.05) is 26.9 Å². The van der Waals surface area contributed by atoms with Crippen LogP contribution in [0.1, 0.15) is 36.0 Å². The highest BCUT2D eigenvalue weighted by Crippen LogP contribution is 2.43. The molecule has 27 heavy (non-hydrogen) atoms. The van der Waals surface area contributed by atoms with E-state index in [9.17, 15) is 4.79 Å². The summed E-state index contributed by atoms with van der Waals surface area (Å²) in [5.74, 6) is 0.0281. The van der Waals surface area contributed by atoms with Gasteiger partial charge in [-0.3, -0.25) is 9.78 Å². The topological polar surface area (TPSA) is 71.9 Å². The van der Waals surface area contributed by atoms with Crippen molar-refractivity contribution in [3.05, 3.63) is 42.1 Å². The molecule has 6 nitrogen and oxygen atoms in total. The van der Waals surface area contributed by atoms with Crippen LogP contribution in [-0.2, 0) is 9.47 Å². The third-order valence-corrected chi connectivity index (χ3v) is 6.13. The third-order valence-electron chi connectivity index (χ3n) is 6.13. The molecule has 1 saturated heterocycles. The first kappa shape index (κ1) is 18.3. The number of rotatable bonds is 5. The lowest BCUT2D eigenvalue weighted by Gasteiger charge is -2.43. The average Bonchev–Trinajstić information content (AvgIpc) is 3.10. The highest BCUT2D eigenvalue weighted by Gasteiger charge is 2.52. The molecule has 2 fully saturated rings. The maximum Gasteiger partial charge on any atom is 0.254 e. The number of ether oxygens (including phenoxy) is 2. The van der Waals surface area contributed by atoms with Gasteiger partial charge >= 0.3 is 0 Å². The molecule has 3 atom stereocenters. The Morgan fingerprint density at radius 1 is 1.33 bits per heavy atom. The summed E-state index contributed by atoms with van der Waals surface area (Å²) in [4.78, 5) is 19.8. The minimum Gasteiger partial charge on any atom is -0.394 e. The van der Waals surface area contributed by atoms with Gasteiger partial charge in [-0.2, -0.15) is 0 Å². The molecular formula is C21H26N2O4. The lowest BCUT2D eigenvalue weighted by Crippen LogP contribution is -2.53. The fourth-order valence-corrected chi connectivity index (χ4v) is 4.71. The molecule has 2 aliphatic rings. The number of methoxy groups -OCH3 is 1. The zero-order valence-corrected chi connectivity index (χ0v) is 15.6. The second-order valence-electron chi connectivity index (χ2n) is 7.40. The number of aliphatic hydroxyl groups excluding tert-OH is 1. The van der Waals surface area contributed by atoms with Gasteiger partial charge in [0.15, 0.2) is 0 Å². The van der Waals surface area contributed by atoms with E-state index in [1.54, 1.807) is 19.4 Å². The van der Waals surface area contributed by atoms with Crippen LogP contribution in [0.3, 0.4) is 0 Å². The number of para-hydroxylation sites is 1. The summed E-state index contributed by atoms with van der Waals surface area (Å²) in [5, 5.41) is 9.93. The van der Waals surface area contributed by atoms with Gasteiger partial charge in [-0.05, 0) is 37.8 Å². The van der Waals surface area contributed by atoms with Crippen LogP contribution in [0.2, 0.25) is 0 Å². The Kier molecular flexibility index (Phi) is 5.12. The van der Waals surface area contributed by atoms with Gasteiger partial charge in [-0.1, -0.05) is 18.2 Å². The van der Waals surface area contributed by atoms with Crippen molar-refractivity contribution in [3.8, 4) is 0 Å². The van der Waals surface area contributed by atoms with E-state index in [1.807, 2.05) is 29.2 Å². The van der Waals surface area contributed by atoms with Gasteiger partial charge in [0.25, 0.3) is 5.91 Å². The second kappa shape index (κ2) is 7.54. The van der Waals surface area contributed by atoms with Crippen molar-refractivity contribution in [1.82, 2.24) is 9.88 Å². The average molecular weight is 370 g/mol. The fraction of sp³-hybridized carbons (Fsp3) is 0.524. The Morgan fingerprint density at radius 2 is 2.19 bits per heavy atom. The standard InChI is InChI=1S/C21H26N2O4/c1-26-21-8-6-15(27-13-12-24)14-19(21)23(11-9-21)20(25)17-7-10-22-18-5-3-2-4-16(17)18/h2-5,7,10,15,19,24H,6,8-9,11-14H2,1H3/t15-,19-,21+/m0/s1. The molecule has 1 aliphatic heterocycles. The summed E-state index contributed by atoms with van der Waals surface area (Å²) < 4.78 is 11.7. The summed E-state index contributed by atoms with van der Waals surface area (Å²) in [5.41, 5.74) is 1.22. The van der Waals surface area contributed by atoms with Crippen LogP contribution in [0.4, 0.5) is 0 Å². The maximum atomic E-state index is 13.5. The molecule has 6 heteroatoms. The molecule has 1 N–H and O–H groups in total. The summed E-state index contributed by atoms with van der Waals surface area (Å²) >= 11 is 0. The van der Waals surface area contributed by atoms with Gasteiger partial charge in [0.2, 0.25) is 0 Å². The summed E-state index contributed by atoms with van der Waals surface area (Å²) in [7, 11) is 1.75. The quantitative estimate of drug-likeness (QED) is 0.875. The lowest BCUT2D eigenvalue weighted by atomic mass is 9.79. The predicted molar refractivity (Wildman–Crippen MR) is 102 cm³/mol. The molecule has 1 aromatic carbocycles. The molecule has 1 saturated carbocycles. The molecule has 0 spiro atoms. The molecule has 1 aromatic heterocycles. The summed E-state index contributed by atoms with van der Waals surface area (Å²) in [6.07, 6.45) is 5.09. The monoisotopic (exact) mass is 370 g/mol. The largest absolute Gasteiger partial charge is 0.394 e. The zero-order valence-electron chi connectivity index (χ0n) is 15.6. The number of carbonyl (C=O) groups is 1. The molecule has 4 rings (SSSR count). The summed E-state index contributed by atoms with van der Waals surface area (Å²) in [6, 6.07) is 9.53. The van der Waals surface area contributed by atoms with Crippen LogP contribution >= 0.6 is 0 Å². The van der Waals surface area contributed by atoms with Gasteiger partial charge in [-0.25, -0.2) is 0 Å². The smallest absolute Gasteiger partial charge is 0.254 e. The van der Waals surface area contributed by atoms with Gasteiger partial charge in [0, 0.05) is 25.2 Å². The number of likely N-dealkylation sites (tertiary alicyclic amines) is 1. The minimum atomic E-state index is -0.294. The molecule has 0 bridgehead atoms. The Balaban J connectivity index is 1.63. The normalized spacial score (nSPS) is 27.7. The zero-order chi connectivity index (χ0) is 18.9. The van der Waals surface area contributed by atoms with Crippen LogP contribution in [0.25, 0.3) is 10.9 Å². The molecule has 2 heterocycles. The van der Waals surface area contributed by atoms with E-state index >= 15 is 0 Å². The minimum absolute atomic E-state index is 0.0145. The molecular weight excluding hydrogens is 344 g/mol. The Bertz CT molecular complexity index is 821. The maximum absolute atomic E-state index is 13.5. The Morgan fingerprint density at radius 3 is 3.00 bits per heavy atom. The fourth-order valence-electron chi connectivity index (χ4n) is 4.71. The molecule has 0 radical (unpaired) electrons. The number of amides is 1. The van der Waals surface area contributed by atoms with E-state index in [1.165, 1.54) is 0 Å². The van der Waals surface area contributed by atoms with Crippen LogP contribution < -0.4 is 0 Å². The van der Waals surface area contributed by atoms with Crippen molar-refractivity contribution in [2.45, 2.75) is 43.4 Å². The van der Waals surface area contributed by atoms with Crippen molar-refractivity contribution in [2.24, 2.45) is 0 Å². The van der Waals surface area contributed by atoms with Crippen LogP contribution in [-0.4, -0.2) is 65.5 Å². The number of hydrogen-bond donors (Lipinski definition) is 1. The first-order valence-electron chi connectivity index (χ1n) is 9.61. The van der Waals surface area contributed by atoms with Crippen molar-refractivity contribution in [1.29, 1.82) is 0 Å². The highest BCUT2D eigenvalue weighted by molar-refractivity contribution is 6.06. The molecule has 1 aliphatic carbocycles.